The minimum Gasteiger partial charge on any atom is -0.406 e. The molecule has 2 fully saturated rings. The van der Waals surface area contributed by atoms with Crippen LogP contribution in [0.2, 0.25) is 0 Å². The molecule has 2 aliphatic heterocycles. The molecule has 6 nitrogen and oxygen atoms in total. The van der Waals surface area contributed by atoms with Crippen LogP contribution in [-0.4, -0.2) is 53.4 Å². The molecule has 1 aromatic carbocycles. The van der Waals surface area contributed by atoms with Gasteiger partial charge in [-0.1, -0.05) is 0 Å². The number of nitrogens with zero attached hydrogens (tertiary/aromatic N) is 2. The number of benzene rings is 1. The maximum Gasteiger partial charge on any atom is 0.573 e. The van der Waals surface area contributed by atoms with Gasteiger partial charge in [-0.25, -0.2) is 9.37 Å². The SMILES string of the molecule is O=C(c1ccc(OC(F)(F)F)cc1)N1CCC(c2c(F)cnc3[nH]c4c(c23)C[C@@]2(CCOC2)CC4)CC1. The molecular weight excluding hydrogens is 490 g/mol. The van der Waals surface area contributed by atoms with Gasteiger partial charge in [0.2, 0.25) is 0 Å². The third-order valence-corrected chi connectivity index (χ3v) is 8.17. The number of fused-ring (bicyclic) bond motifs is 3. The molecule has 6 rings (SSSR count). The van der Waals surface area contributed by atoms with Gasteiger partial charge >= 0.3 is 6.36 Å². The number of pyridine rings is 1. The number of hydrogen-bond donors (Lipinski definition) is 1. The van der Waals surface area contributed by atoms with E-state index in [1.54, 1.807) is 4.90 Å². The minimum atomic E-state index is -4.79. The molecular formula is C27H27F4N3O3. The molecule has 2 aromatic heterocycles. The highest BCUT2D eigenvalue weighted by Crippen LogP contribution is 2.46. The van der Waals surface area contributed by atoms with E-state index >= 15 is 4.39 Å². The zero-order chi connectivity index (χ0) is 25.8. The predicted molar refractivity (Wildman–Crippen MR) is 127 cm³/mol. The van der Waals surface area contributed by atoms with Crippen LogP contribution in [0.4, 0.5) is 17.6 Å². The fourth-order valence-electron chi connectivity index (χ4n) is 6.27. The van der Waals surface area contributed by atoms with E-state index in [2.05, 4.69) is 14.7 Å². The number of ether oxygens (including phenoxy) is 2. The molecule has 1 amide bonds. The smallest absolute Gasteiger partial charge is 0.406 e. The Balaban J connectivity index is 1.20. The van der Waals surface area contributed by atoms with Gasteiger partial charge in [0.1, 0.15) is 17.2 Å². The molecule has 0 radical (unpaired) electrons. The molecule has 0 unspecified atom stereocenters. The van der Waals surface area contributed by atoms with Crippen LogP contribution in [0, 0.1) is 11.2 Å². The molecule has 1 spiro atoms. The van der Waals surface area contributed by atoms with Crippen LogP contribution in [0.25, 0.3) is 11.0 Å². The van der Waals surface area contributed by atoms with E-state index in [-0.39, 0.29) is 34.4 Å². The zero-order valence-corrected chi connectivity index (χ0v) is 20.2. The molecule has 10 heteroatoms. The Morgan fingerprint density at radius 3 is 2.59 bits per heavy atom. The van der Waals surface area contributed by atoms with E-state index < -0.39 is 6.36 Å². The number of carbonyl (C=O) groups is 1. The number of rotatable bonds is 3. The van der Waals surface area contributed by atoms with Crippen molar-refractivity contribution in [2.75, 3.05) is 26.3 Å². The van der Waals surface area contributed by atoms with Crippen molar-refractivity contribution in [2.24, 2.45) is 5.41 Å². The summed E-state index contributed by atoms with van der Waals surface area (Å²) in [6.45, 7) is 2.36. The summed E-state index contributed by atoms with van der Waals surface area (Å²) >= 11 is 0. The third-order valence-electron chi connectivity index (χ3n) is 8.17. The summed E-state index contributed by atoms with van der Waals surface area (Å²) in [5.41, 5.74) is 4.10. The lowest BCUT2D eigenvalue weighted by Gasteiger charge is -2.34. The molecule has 1 N–H and O–H groups in total. The largest absolute Gasteiger partial charge is 0.573 e. The molecule has 196 valence electrons. The lowest BCUT2D eigenvalue weighted by Crippen LogP contribution is -2.38. The van der Waals surface area contributed by atoms with Crippen molar-refractivity contribution in [3.8, 4) is 5.75 Å². The van der Waals surface area contributed by atoms with Crippen LogP contribution in [0.3, 0.4) is 0 Å². The van der Waals surface area contributed by atoms with Crippen molar-refractivity contribution in [3.05, 3.63) is 58.7 Å². The second-order valence-electron chi connectivity index (χ2n) is 10.4. The van der Waals surface area contributed by atoms with Crippen LogP contribution in [0.5, 0.6) is 5.75 Å². The Hall–Kier alpha value is -3.14. The van der Waals surface area contributed by atoms with Crippen LogP contribution in [0.1, 0.15) is 58.8 Å². The first-order chi connectivity index (χ1) is 17.7. The van der Waals surface area contributed by atoms with Crippen molar-refractivity contribution in [3.63, 3.8) is 0 Å². The third kappa shape index (κ3) is 4.56. The molecule has 0 bridgehead atoms. The lowest BCUT2D eigenvalue weighted by molar-refractivity contribution is -0.274. The molecule has 1 aliphatic carbocycles. The van der Waals surface area contributed by atoms with E-state index in [4.69, 9.17) is 4.74 Å². The highest BCUT2D eigenvalue weighted by Gasteiger charge is 2.40. The van der Waals surface area contributed by atoms with Crippen LogP contribution in [0.15, 0.2) is 30.5 Å². The number of H-pyrrole nitrogens is 1. The van der Waals surface area contributed by atoms with Crippen molar-refractivity contribution >= 4 is 16.9 Å². The fraction of sp³-hybridized carbons (Fsp3) is 0.481. The van der Waals surface area contributed by atoms with Gasteiger partial charge in [0.15, 0.2) is 0 Å². The first kappa shape index (κ1) is 24.2. The lowest BCUT2D eigenvalue weighted by atomic mass is 9.72. The Labute approximate surface area is 211 Å². The Morgan fingerprint density at radius 2 is 1.92 bits per heavy atom. The number of likely N-dealkylation sites (tertiary alicyclic amines) is 1. The molecule has 2 saturated heterocycles. The second kappa shape index (κ2) is 9.01. The van der Waals surface area contributed by atoms with E-state index in [1.165, 1.54) is 18.3 Å². The Bertz CT molecular complexity index is 1320. The Kier molecular flexibility index (Phi) is 5.89. The van der Waals surface area contributed by atoms with Crippen molar-refractivity contribution < 1.29 is 31.8 Å². The van der Waals surface area contributed by atoms with Gasteiger partial charge in [-0.3, -0.25) is 4.79 Å². The van der Waals surface area contributed by atoms with Gasteiger partial charge in [-0.2, -0.15) is 0 Å². The van der Waals surface area contributed by atoms with Gasteiger partial charge in [-0.05, 0) is 74.3 Å². The zero-order valence-electron chi connectivity index (χ0n) is 20.2. The number of nitrogens with one attached hydrogen (secondary N) is 1. The van der Waals surface area contributed by atoms with Crippen molar-refractivity contribution in [1.29, 1.82) is 0 Å². The van der Waals surface area contributed by atoms with E-state index in [0.29, 0.717) is 31.5 Å². The quantitative estimate of drug-likeness (QED) is 0.465. The van der Waals surface area contributed by atoms with Gasteiger partial charge in [-0.15, -0.1) is 13.2 Å². The molecule has 3 aromatic rings. The predicted octanol–water partition coefficient (Wildman–Crippen LogP) is 5.52. The Morgan fingerprint density at radius 1 is 1.16 bits per heavy atom. The highest BCUT2D eigenvalue weighted by molar-refractivity contribution is 5.94. The number of halogens is 4. The fourth-order valence-corrected chi connectivity index (χ4v) is 6.27. The van der Waals surface area contributed by atoms with Crippen molar-refractivity contribution in [1.82, 2.24) is 14.9 Å². The number of amides is 1. The van der Waals surface area contributed by atoms with E-state index in [0.717, 1.165) is 73.3 Å². The van der Waals surface area contributed by atoms with Crippen LogP contribution >= 0.6 is 0 Å². The molecule has 37 heavy (non-hydrogen) atoms. The molecule has 4 heterocycles. The second-order valence-corrected chi connectivity index (χ2v) is 10.4. The first-order valence-corrected chi connectivity index (χ1v) is 12.6. The average Bonchev–Trinajstić information content (AvgIpc) is 3.48. The minimum absolute atomic E-state index is 0.0604. The topological polar surface area (TPSA) is 67.5 Å². The van der Waals surface area contributed by atoms with Crippen molar-refractivity contribution in [2.45, 2.75) is 50.8 Å². The summed E-state index contributed by atoms with van der Waals surface area (Å²) in [6.07, 6.45) is 1.50. The maximum atomic E-state index is 15.3. The number of aromatic nitrogens is 2. The molecule has 0 saturated carbocycles. The summed E-state index contributed by atoms with van der Waals surface area (Å²) in [4.78, 5) is 22.4. The van der Waals surface area contributed by atoms with Gasteiger partial charge < -0.3 is 19.4 Å². The molecule has 1 atom stereocenters. The van der Waals surface area contributed by atoms with Gasteiger partial charge in [0.25, 0.3) is 5.91 Å². The number of carbonyl (C=O) groups excluding carboxylic acids is 1. The number of aryl methyl sites for hydroxylation is 1. The summed E-state index contributed by atoms with van der Waals surface area (Å²) in [5.74, 6) is -1.02. The number of piperidine rings is 1. The highest BCUT2D eigenvalue weighted by atomic mass is 19.4. The summed E-state index contributed by atoms with van der Waals surface area (Å²) in [5, 5.41) is 0.894. The maximum absolute atomic E-state index is 15.3. The normalized spacial score (nSPS) is 22.5. The van der Waals surface area contributed by atoms with Crippen LogP contribution < -0.4 is 4.74 Å². The summed E-state index contributed by atoms with van der Waals surface area (Å²) < 4.78 is 62.1. The first-order valence-electron chi connectivity index (χ1n) is 12.6. The summed E-state index contributed by atoms with van der Waals surface area (Å²) in [6, 6.07) is 4.92. The van der Waals surface area contributed by atoms with Crippen LogP contribution in [-0.2, 0) is 17.6 Å². The standard InChI is InChI=1S/C27H27F4N3O3/c28-20-14-32-24-23(19-13-26(9-12-36-15-26)8-5-21(19)33-24)22(20)16-6-10-34(11-7-16)25(35)17-1-3-18(4-2-17)37-27(29,30)31/h1-4,14,16H,5-13,15H2,(H,32,33)/t26-/m0/s1. The number of aromatic amines is 1. The monoisotopic (exact) mass is 517 g/mol. The average molecular weight is 518 g/mol. The van der Waals surface area contributed by atoms with Gasteiger partial charge in [0.05, 0.1) is 12.8 Å². The molecule has 3 aliphatic rings. The van der Waals surface area contributed by atoms with Gasteiger partial charge in [0, 0.05) is 47.3 Å². The van der Waals surface area contributed by atoms with E-state index in [9.17, 15) is 18.0 Å². The number of hydrogen-bond acceptors (Lipinski definition) is 4. The summed E-state index contributed by atoms with van der Waals surface area (Å²) in [7, 11) is 0. The van der Waals surface area contributed by atoms with E-state index in [1.807, 2.05) is 0 Å². The number of alkyl halides is 3.